The highest BCUT2D eigenvalue weighted by Gasteiger charge is 2.25. The first-order chi connectivity index (χ1) is 7.29. The molecular weight excluding hydrogens is 194 g/mol. The van der Waals surface area contributed by atoms with Gasteiger partial charge in [-0.05, 0) is 7.05 Å². The molecule has 1 aromatic heterocycles. The van der Waals surface area contributed by atoms with E-state index in [1.807, 2.05) is 0 Å². The van der Waals surface area contributed by atoms with Gasteiger partial charge in [0.2, 0.25) is 5.89 Å². The highest BCUT2D eigenvalue weighted by Crippen LogP contribution is 2.10. The summed E-state index contributed by atoms with van der Waals surface area (Å²) in [6.07, 6.45) is 1.43. The number of rotatable bonds is 3. The lowest BCUT2D eigenvalue weighted by Crippen LogP contribution is -2.54. The average Bonchev–Trinajstić information content (AvgIpc) is 2.73. The molecule has 1 saturated heterocycles. The van der Waals surface area contributed by atoms with E-state index in [0.717, 1.165) is 19.6 Å². The van der Waals surface area contributed by atoms with Crippen LogP contribution in [0.4, 0.5) is 0 Å². The van der Waals surface area contributed by atoms with E-state index in [-0.39, 0.29) is 0 Å². The van der Waals surface area contributed by atoms with Gasteiger partial charge in [0, 0.05) is 32.2 Å². The zero-order chi connectivity index (χ0) is 10.7. The second kappa shape index (κ2) is 4.69. The van der Waals surface area contributed by atoms with Gasteiger partial charge in [-0.15, -0.1) is 0 Å². The molecule has 15 heavy (non-hydrogen) atoms. The summed E-state index contributed by atoms with van der Waals surface area (Å²) in [5.74, 6) is 0.665. The van der Waals surface area contributed by atoms with Gasteiger partial charge < -0.3 is 15.2 Å². The molecule has 2 rings (SSSR count). The third-order valence-corrected chi connectivity index (χ3v) is 2.83. The fraction of sp³-hybridized carbons (Fsp3) is 0.778. The number of nitrogens with two attached hydrogens (primary N) is 1. The Morgan fingerprint density at radius 1 is 1.60 bits per heavy atom. The summed E-state index contributed by atoms with van der Waals surface area (Å²) in [6.45, 7) is 4.43. The van der Waals surface area contributed by atoms with Gasteiger partial charge >= 0.3 is 0 Å². The van der Waals surface area contributed by atoms with Gasteiger partial charge in [0.1, 0.15) is 0 Å². The van der Waals surface area contributed by atoms with Gasteiger partial charge in [-0.1, -0.05) is 5.16 Å². The molecule has 1 aliphatic heterocycles. The van der Waals surface area contributed by atoms with Crippen molar-refractivity contribution in [3.8, 4) is 0 Å². The lowest BCUT2D eigenvalue weighted by molar-refractivity contribution is 0.0784. The van der Waals surface area contributed by atoms with E-state index in [9.17, 15) is 0 Å². The van der Waals surface area contributed by atoms with E-state index in [1.165, 1.54) is 6.33 Å². The summed E-state index contributed by atoms with van der Waals surface area (Å²) in [4.78, 5) is 8.62. The molecule has 0 bridgehead atoms. The maximum Gasteiger partial charge on any atom is 0.240 e. The minimum absolute atomic E-state index is 0.385. The first-order valence-corrected chi connectivity index (χ1v) is 5.18. The summed E-state index contributed by atoms with van der Waals surface area (Å²) in [5, 5.41) is 3.60. The van der Waals surface area contributed by atoms with E-state index in [0.29, 0.717) is 25.0 Å². The average molecular weight is 211 g/mol. The van der Waals surface area contributed by atoms with E-state index >= 15 is 0 Å². The molecule has 0 saturated carbocycles. The number of hydrogen-bond donors (Lipinski definition) is 1. The van der Waals surface area contributed by atoms with Crippen LogP contribution in [0, 0.1) is 0 Å². The smallest absolute Gasteiger partial charge is 0.240 e. The zero-order valence-electron chi connectivity index (χ0n) is 8.96. The molecule has 0 aromatic carbocycles. The van der Waals surface area contributed by atoms with Crippen molar-refractivity contribution in [3.05, 3.63) is 12.2 Å². The summed E-state index contributed by atoms with van der Waals surface area (Å²) in [5.41, 5.74) is 5.75. The molecule has 1 fully saturated rings. The number of nitrogens with zero attached hydrogens (tertiary/aromatic N) is 4. The number of aromatic nitrogens is 2. The summed E-state index contributed by atoms with van der Waals surface area (Å²) in [7, 11) is 2.12. The second-order valence-corrected chi connectivity index (χ2v) is 3.96. The topological polar surface area (TPSA) is 71.4 Å². The van der Waals surface area contributed by atoms with Crippen LogP contribution in [0.2, 0.25) is 0 Å². The molecule has 84 valence electrons. The fourth-order valence-corrected chi connectivity index (χ4v) is 1.92. The predicted octanol–water partition coefficient (Wildman–Crippen LogP) is -0.856. The van der Waals surface area contributed by atoms with Crippen LogP contribution < -0.4 is 5.73 Å². The van der Waals surface area contributed by atoms with E-state index in [4.69, 9.17) is 10.3 Å². The third kappa shape index (κ3) is 2.53. The van der Waals surface area contributed by atoms with Gasteiger partial charge in [-0.25, -0.2) is 0 Å². The summed E-state index contributed by atoms with van der Waals surface area (Å²) < 4.78 is 5.00. The molecule has 1 aromatic rings. The molecule has 2 heterocycles. The Balaban J connectivity index is 1.95. The van der Waals surface area contributed by atoms with Crippen molar-refractivity contribution >= 4 is 0 Å². The van der Waals surface area contributed by atoms with Gasteiger partial charge in [-0.2, -0.15) is 4.98 Å². The first-order valence-electron chi connectivity index (χ1n) is 5.18. The Bertz CT molecular complexity index is 289. The van der Waals surface area contributed by atoms with Crippen LogP contribution in [0.5, 0.6) is 0 Å². The SMILES string of the molecule is CN1CCN(Cc2ncno2)C(CN)C1. The number of hydrogen-bond acceptors (Lipinski definition) is 6. The van der Waals surface area contributed by atoms with Crippen LogP contribution in [0.15, 0.2) is 10.9 Å². The van der Waals surface area contributed by atoms with E-state index in [2.05, 4.69) is 27.0 Å². The zero-order valence-corrected chi connectivity index (χ0v) is 8.96. The molecule has 2 N–H and O–H groups in total. The normalized spacial score (nSPS) is 24.5. The fourth-order valence-electron chi connectivity index (χ4n) is 1.92. The monoisotopic (exact) mass is 211 g/mol. The van der Waals surface area contributed by atoms with Crippen LogP contribution in [0.3, 0.4) is 0 Å². The maximum absolute atomic E-state index is 5.75. The van der Waals surface area contributed by atoms with Crippen molar-refractivity contribution in [2.45, 2.75) is 12.6 Å². The van der Waals surface area contributed by atoms with Crippen molar-refractivity contribution in [2.24, 2.45) is 5.73 Å². The van der Waals surface area contributed by atoms with Crippen LogP contribution in [0.1, 0.15) is 5.89 Å². The Morgan fingerprint density at radius 3 is 3.13 bits per heavy atom. The molecule has 0 aliphatic carbocycles. The lowest BCUT2D eigenvalue weighted by atomic mass is 10.2. The van der Waals surface area contributed by atoms with E-state index in [1.54, 1.807) is 0 Å². The van der Waals surface area contributed by atoms with Gasteiger partial charge in [0.15, 0.2) is 6.33 Å². The second-order valence-electron chi connectivity index (χ2n) is 3.96. The molecule has 1 unspecified atom stereocenters. The maximum atomic E-state index is 5.75. The summed E-state index contributed by atoms with van der Waals surface area (Å²) >= 11 is 0. The molecule has 0 amide bonds. The van der Waals surface area contributed by atoms with Crippen LogP contribution >= 0.6 is 0 Å². The van der Waals surface area contributed by atoms with Crippen LogP contribution in [-0.2, 0) is 6.54 Å². The molecule has 1 aliphatic rings. The first kappa shape index (κ1) is 10.5. The van der Waals surface area contributed by atoms with Crippen molar-refractivity contribution in [1.82, 2.24) is 19.9 Å². The minimum Gasteiger partial charge on any atom is -0.338 e. The van der Waals surface area contributed by atoms with E-state index < -0.39 is 0 Å². The van der Waals surface area contributed by atoms with Gasteiger partial charge in [-0.3, -0.25) is 4.90 Å². The largest absolute Gasteiger partial charge is 0.338 e. The highest BCUT2D eigenvalue weighted by atomic mass is 16.5. The molecule has 0 spiro atoms. The molecule has 0 radical (unpaired) electrons. The molecule has 6 heteroatoms. The van der Waals surface area contributed by atoms with Crippen molar-refractivity contribution in [1.29, 1.82) is 0 Å². The Labute approximate surface area is 89.0 Å². The molecule has 6 nitrogen and oxygen atoms in total. The van der Waals surface area contributed by atoms with Gasteiger partial charge in [0.25, 0.3) is 0 Å². The number of likely N-dealkylation sites (N-methyl/N-ethyl adjacent to an activating group) is 1. The van der Waals surface area contributed by atoms with Gasteiger partial charge in [0.05, 0.1) is 6.54 Å². The quantitative estimate of drug-likeness (QED) is 0.702. The highest BCUT2D eigenvalue weighted by molar-refractivity contribution is 4.85. The third-order valence-electron chi connectivity index (χ3n) is 2.83. The van der Waals surface area contributed by atoms with Crippen LogP contribution in [-0.4, -0.2) is 59.2 Å². The Morgan fingerprint density at radius 2 is 2.47 bits per heavy atom. The lowest BCUT2D eigenvalue weighted by Gasteiger charge is -2.38. The van der Waals surface area contributed by atoms with Crippen molar-refractivity contribution < 1.29 is 4.52 Å². The molecule has 1 atom stereocenters. The minimum atomic E-state index is 0.385. The van der Waals surface area contributed by atoms with Crippen molar-refractivity contribution in [2.75, 3.05) is 33.2 Å². The standard InChI is InChI=1S/C9H17N5O/c1-13-2-3-14(8(4-10)5-13)6-9-11-7-12-15-9/h7-8H,2-6,10H2,1H3. The molecular formula is C9H17N5O. The Kier molecular flexibility index (Phi) is 3.30. The predicted molar refractivity (Wildman–Crippen MR) is 55.0 cm³/mol. The van der Waals surface area contributed by atoms with Crippen molar-refractivity contribution in [3.63, 3.8) is 0 Å². The Hall–Kier alpha value is -0.980. The summed E-state index contributed by atoms with van der Waals surface area (Å²) in [6, 6.07) is 0.385. The van der Waals surface area contributed by atoms with Crippen LogP contribution in [0.25, 0.3) is 0 Å². The number of piperazine rings is 1.